The SMILES string of the molecule is O=C(c1cnc2ccccc2n1)N1CC=C(c2ccccc2)CC1. The van der Waals surface area contributed by atoms with Crippen LogP contribution in [0.25, 0.3) is 16.6 Å². The van der Waals surface area contributed by atoms with Gasteiger partial charge in [-0.3, -0.25) is 9.78 Å². The molecule has 0 atom stereocenters. The normalized spacial score (nSPS) is 14.5. The maximum atomic E-state index is 12.7. The predicted octanol–water partition coefficient (Wildman–Crippen LogP) is 3.56. The second-order valence-electron chi connectivity index (χ2n) is 5.84. The number of carbonyl (C=O) groups is 1. The lowest BCUT2D eigenvalue weighted by molar-refractivity contribution is 0.0767. The van der Waals surface area contributed by atoms with Gasteiger partial charge in [-0.1, -0.05) is 48.5 Å². The number of carbonyl (C=O) groups excluding carboxylic acids is 1. The largest absolute Gasteiger partial charge is 0.333 e. The van der Waals surface area contributed by atoms with E-state index in [1.54, 1.807) is 6.20 Å². The van der Waals surface area contributed by atoms with E-state index < -0.39 is 0 Å². The van der Waals surface area contributed by atoms with Crippen molar-refractivity contribution in [1.82, 2.24) is 14.9 Å². The monoisotopic (exact) mass is 315 g/mol. The highest BCUT2D eigenvalue weighted by Crippen LogP contribution is 2.22. The number of para-hydroxylation sites is 2. The van der Waals surface area contributed by atoms with Crippen LogP contribution in [0.2, 0.25) is 0 Å². The van der Waals surface area contributed by atoms with Gasteiger partial charge in [-0.2, -0.15) is 0 Å². The van der Waals surface area contributed by atoms with Crippen molar-refractivity contribution in [3.63, 3.8) is 0 Å². The van der Waals surface area contributed by atoms with Crippen LogP contribution in [0.15, 0.2) is 66.9 Å². The first kappa shape index (κ1) is 14.6. The zero-order chi connectivity index (χ0) is 16.4. The van der Waals surface area contributed by atoms with Gasteiger partial charge < -0.3 is 4.90 Å². The topological polar surface area (TPSA) is 46.1 Å². The van der Waals surface area contributed by atoms with E-state index in [4.69, 9.17) is 0 Å². The maximum Gasteiger partial charge on any atom is 0.274 e. The Morgan fingerprint density at radius 1 is 0.958 bits per heavy atom. The summed E-state index contributed by atoms with van der Waals surface area (Å²) in [6.07, 6.45) is 4.56. The molecule has 4 heteroatoms. The van der Waals surface area contributed by atoms with E-state index in [-0.39, 0.29) is 5.91 Å². The molecule has 2 heterocycles. The number of nitrogens with zero attached hydrogens (tertiary/aromatic N) is 3. The van der Waals surface area contributed by atoms with Crippen LogP contribution in [0, 0.1) is 0 Å². The summed E-state index contributed by atoms with van der Waals surface area (Å²) in [4.78, 5) is 23.3. The van der Waals surface area contributed by atoms with Gasteiger partial charge >= 0.3 is 0 Å². The minimum atomic E-state index is -0.0587. The smallest absolute Gasteiger partial charge is 0.274 e. The molecular weight excluding hydrogens is 298 g/mol. The van der Waals surface area contributed by atoms with Gasteiger partial charge in [-0.25, -0.2) is 4.98 Å². The Morgan fingerprint density at radius 3 is 2.46 bits per heavy atom. The minimum Gasteiger partial charge on any atom is -0.333 e. The van der Waals surface area contributed by atoms with Crippen molar-refractivity contribution in [3.05, 3.63) is 78.1 Å². The number of fused-ring (bicyclic) bond motifs is 1. The lowest BCUT2D eigenvalue weighted by atomic mass is 9.99. The van der Waals surface area contributed by atoms with Gasteiger partial charge in [0.1, 0.15) is 5.69 Å². The minimum absolute atomic E-state index is 0.0587. The van der Waals surface area contributed by atoms with Crippen LogP contribution < -0.4 is 0 Å². The van der Waals surface area contributed by atoms with Crippen molar-refractivity contribution in [2.24, 2.45) is 0 Å². The fraction of sp³-hybridized carbons (Fsp3) is 0.150. The first-order chi connectivity index (χ1) is 11.8. The lowest BCUT2D eigenvalue weighted by Gasteiger charge is -2.26. The Morgan fingerprint density at radius 2 is 1.71 bits per heavy atom. The summed E-state index contributed by atoms with van der Waals surface area (Å²) >= 11 is 0. The lowest BCUT2D eigenvalue weighted by Crippen LogP contribution is -2.35. The Labute approximate surface area is 140 Å². The second kappa shape index (κ2) is 6.24. The molecule has 1 aromatic heterocycles. The first-order valence-electron chi connectivity index (χ1n) is 8.07. The molecule has 0 unspecified atom stereocenters. The quantitative estimate of drug-likeness (QED) is 0.726. The molecule has 1 amide bonds. The third-order valence-corrected chi connectivity index (χ3v) is 4.31. The van der Waals surface area contributed by atoms with Crippen molar-refractivity contribution in [1.29, 1.82) is 0 Å². The van der Waals surface area contributed by atoms with Crippen LogP contribution >= 0.6 is 0 Å². The molecule has 0 fully saturated rings. The number of benzene rings is 2. The molecule has 4 nitrogen and oxygen atoms in total. The number of rotatable bonds is 2. The summed E-state index contributed by atoms with van der Waals surface area (Å²) in [5.41, 5.74) is 4.49. The van der Waals surface area contributed by atoms with Crippen LogP contribution in [-0.2, 0) is 0 Å². The van der Waals surface area contributed by atoms with E-state index in [0.717, 1.165) is 17.5 Å². The van der Waals surface area contributed by atoms with E-state index in [2.05, 4.69) is 28.2 Å². The van der Waals surface area contributed by atoms with Crippen LogP contribution in [0.3, 0.4) is 0 Å². The highest BCUT2D eigenvalue weighted by molar-refractivity contribution is 5.94. The summed E-state index contributed by atoms with van der Waals surface area (Å²) in [7, 11) is 0. The molecule has 1 aliphatic heterocycles. The maximum absolute atomic E-state index is 12.7. The summed E-state index contributed by atoms with van der Waals surface area (Å²) in [5.74, 6) is -0.0587. The van der Waals surface area contributed by atoms with Crippen LogP contribution in [0.5, 0.6) is 0 Å². The average Bonchev–Trinajstić information content (AvgIpc) is 2.68. The van der Waals surface area contributed by atoms with Crippen LogP contribution in [0.1, 0.15) is 22.5 Å². The Kier molecular flexibility index (Phi) is 3.79. The summed E-state index contributed by atoms with van der Waals surface area (Å²) < 4.78 is 0. The number of amides is 1. The third kappa shape index (κ3) is 2.78. The van der Waals surface area contributed by atoms with E-state index in [0.29, 0.717) is 18.8 Å². The Balaban J connectivity index is 1.54. The van der Waals surface area contributed by atoms with E-state index in [1.807, 2.05) is 47.4 Å². The van der Waals surface area contributed by atoms with Gasteiger partial charge in [0, 0.05) is 13.1 Å². The summed E-state index contributed by atoms with van der Waals surface area (Å²) in [6.45, 7) is 1.31. The van der Waals surface area contributed by atoms with Gasteiger partial charge in [0.25, 0.3) is 5.91 Å². The van der Waals surface area contributed by atoms with Crippen LogP contribution in [-0.4, -0.2) is 33.9 Å². The van der Waals surface area contributed by atoms with Crippen LogP contribution in [0.4, 0.5) is 0 Å². The fourth-order valence-corrected chi connectivity index (χ4v) is 2.99. The molecule has 118 valence electrons. The Hall–Kier alpha value is -3.01. The number of hydrogen-bond donors (Lipinski definition) is 0. The molecule has 1 aliphatic rings. The van der Waals surface area contributed by atoms with Gasteiger partial charge in [0.2, 0.25) is 0 Å². The van der Waals surface area contributed by atoms with Crippen molar-refractivity contribution in [2.45, 2.75) is 6.42 Å². The second-order valence-corrected chi connectivity index (χ2v) is 5.84. The fourth-order valence-electron chi connectivity index (χ4n) is 2.99. The average molecular weight is 315 g/mol. The number of hydrogen-bond acceptors (Lipinski definition) is 3. The number of aromatic nitrogens is 2. The van der Waals surface area contributed by atoms with Crippen molar-refractivity contribution in [3.8, 4) is 0 Å². The Bertz CT molecular complexity index is 918. The molecule has 0 aliphatic carbocycles. The highest BCUT2D eigenvalue weighted by atomic mass is 16.2. The predicted molar refractivity (Wildman–Crippen MR) is 94.5 cm³/mol. The molecule has 0 saturated carbocycles. The van der Waals surface area contributed by atoms with Crippen molar-refractivity contribution >= 4 is 22.5 Å². The van der Waals surface area contributed by atoms with E-state index >= 15 is 0 Å². The molecule has 0 spiro atoms. The van der Waals surface area contributed by atoms with Gasteiger partial charge in [0.05, 0.1) is 17.2 Å². The molecule has 2 aromatic carbocycles. The zero-order valence-electron chi connectivity index (χ0n) is 13.2. The van der Waals surface area contributed by atoms with E-state index in [1.165, 1.54) is 11.1 Å². The molecule has 0 bridgehead atoms. The zero-order valence-corrected chi connectivity index (χ0v) is 13.2. The highest BCUT2D eigenvalue weighted by Gasteiger charge is 2.20. The molecule has 4 rings (SSSR count). The third-order valence-electron chi connectivity index (χ3n) is 4.31. The molecule has 3 aromatic rings. The molecular formula is C20H17N3O. The standard InChI is InChI=1S/C20H17N3O/c24-20(19-14-21-17-8-4-5-9-18(17)22-19)23-12-10-16(11-13-23)15-6-2-1-3-7-15/h1-10,14H,11-13H2. The van der Waals surface area contributed by atoms with Gasteiger partial charge in [-0.15, -0.1) is 0 Å². The van der Waals surface area contributed by atoms with Crippen molar-refractivity contribution < 1.29 is 4.79 Å². The molecule has 0 saturated heterocycles. The van der Waals surface area contributed by atoms with Gasteiger partial charge in [0.15, 0.2) is 0 Å². The molecule has 0 radical (unpaired) electrons. The summed E-state index contributed by atoms with van der Waals surface area (Å²) in [6, 6.07) is 17.9. The molecule has 24 heavy (non-hydrogen) atoms. The first-order valence-corrected chi connectivity index (χ1v) is 8.07. The summed E-state index contributed by atoms with van der Waals surface area (Å²) in [5, 5.41) is 0. The van der Waals surface area contributed by atoms with E-state index in [9.17, 15) is 4.79 Å². The molecule has 0 N–H and O–H groups in total. The van der Waals surface area contributed by atoms with Gasteiger partial charge in [-0.05, 0) is 29.7 Å². The van der Waals surface area contributed by atoms with Crippen molar-refractivity contribution in [2.75, 3.05) is 13.1 Å².